The molecule has 134 valence electrons. The summed E-state index contributed by atoms with van der Waals surface area (Å²) in [5.74, 6) is 0.363. The van der Waals surface area contributed by atoms with Gasteiger partial charge in [0.2, 0.25) is 5.91 Å². The highest BCUT2D eigenvalue weighted by molar-refractivity contribution is 6.30. The van der Waals surface area contributed by atoms with Gasteiger partial charge in [0.05, 0.1) is 12.3 Å². The Morgan fingerprint density at radius 3 is 2.64 bits per heavy atom. The fourth-order valence-corrected chi connectivity index (χ4v) is 2.47. The lowest BCUT2D eigenvalue weighted by molar-refractivity contribution is -0.122. The second kappa shape index (κ2) is 8.53. The van der Waals surface area contributed by atoms with Gasteiger partial charge in [-0.3, -0.25) is 20.4 Å². The molecule has 2 aromatic rings. The molecule has 1 aromatic carbocycles. The Bertz CT molecular complexity index is 754. The SMILES string of the molecule is Cc1cc(Cl)ccc1OCCCC(=O)NNC(=O)c1c(C)noc1C. The first-order valence-corrected chi connectivity index (χ1v) is 8.17. The number of carbonyl (C=O) groups excluding carboxylic acids is 2. The maximum atomic E-state index is 12.0. The van der Waals surface area contributed by atoms with Crippen molar-refractivity contribution in [3.63, 3.8) is 0 Å². The number of aryl methyl sites for hydroxylation is 3. The molecular weight excluding hydrogens is 346 g/mol. The van der Waals surface area contributed by atoms with Gasteiger partial charge in [-0.1, -0.05) is 16.8 Å². The van der Waals surface area contributed by atoms with Crippen LogP contribution in [0, 0.1) is 20.8 Å². The third-order valence-electron chi connectivity index (χ3n) is 3.52. The highest BCUT2D eigenvalue weighted by atomic mass is 35.5. The average molecular weight is 366 g/mol. The van der Waals surface area contributed by atoms with Gasteiger partial charge in [0, 0.05) is 11.4 Å². The Balaban J connectivity index is 1.70. The summed E-state index contributed by atoms with van der Waals surface area (Å²) in [4.78, 5) is 23.7. The van der Waals surface area contributed by atoms with E-state index in [1.54, 1.807) is 26.0 Å². The molecule has 0 bridgehead atoms. The third kappa shape index (κ3) is 5.22. The van der Waals surface area contributed by atoms with Crippen LogP contribution >= 0.6 is 11.6 Å². The fraction of sp³-hybridized carbons (Fsp3) is 0.353. The summed E-state index contributed by atoms with van der Waals surface area (Å²) in [5.41, 5.74) is 6.43. The predicted molar refractivity (Wildman–Crippen MR) is 92.5 cm³/mol. The van der Waals surface area contributed by atoms with Crippen molar-refractivity contribution < 1.29 is 18.8 Å². The van der Waals surface area contributed by atoms with Crippen LogP contribution in [0.3, 0.4) is 0 Å². The second-order valence-corrected chi connectivity index (χ2v) is 6.00. The normalized spacial score (nSPS) is 10.4. The van der Waals surface area contributed by atoms with Crippen LogP contribution in [0.1, 0.15) is 40.2 Å². The van der Waals surface area contributed by atoms with Crippen LogP contribution < -0.4 is 15.6 Å². The monoisotopic (exact) mass is 365 g/mol. The molecule has 0 spiro atoms. The van der Waals surface area contributed by atoms with Crippen LogP contribution in [-0.4, -0.2) is 23.6 Å². The Morgan fingerprint density at radius 1 is 1.24 bits per heavy atom. The van der Waals surface area contributed by atoms with E-state index < -0.39 is 5.91 Å². The number of carbonyl (C=O) groups is 2. The minimum absolute atomic E-state index is 0.217. The number of ether oxygens (including phenoxy) is 1. The molecule has 0 fully saturated rings. The van der Waals surface area contributed by atoms with E-state index in [-0.39, 0.29) is 12.3 Å². The zero-order chi connectivity index (χ0) is 18.4. The molecule has 0 aliphatic carbocycles. The minimum atomic E-state index is -0.461. The number of rotatable bonds is 6. The molecule has 0 aliphatic rings. The quantitative estimate of drug-likeness (QED) is 0.606. The summed E-state index contributed by atoms with van der Waals surface area (Å²) < 4.78 is 10.5. The first-order valence-electron chi connectivity index (χ1n) is 7.79. The van der Waals surface area contributed by atoms with E-state index in [2.05, 4.69) is 16.0 Å². The lowest BCUT2D eigenvalue weighted by Gasteiger charge is -2.10. The molecule has 2 rings (SSSR count). The second-order valence-electron chi connectivity index (χ2n) is 5.56. The summed E-state index contributed by atoms with van der Waals surface area (Å²) >= 11 is 5.88. The molecule has 7 nitrogen and oxygen atoms in total. The first kappa shape index (κ1) is 18.8. The van der Waals surface area contributed by atoms with Gasteiger partial charge in [-0.25, -0.2) is 0 Å². The molecule has 0 radical (unpaired) electrons. The van der Waals surface area contributed by atoms with Crippen LogP contribution in [-0.2, 0) is 4.79 Å². The van der Waals surface area contributed by atoms with Crippen molar-refractivity contribution >= 4 is 23.4 Å². The van der Waals surface area contributed by atoms with Crippen LogP contribution in [0.15, 0.2) is 22.7 Å². The van der Waals surface area contributed by atoms with Gasteiger partial charge in [0.1, 0.15) is 17.1 Å². The molecule has 1 aromatic heterocycles. The number of halogens is 1. The minimum Gasteiger partial charge on any atom is -0.493 e. The van der Waals surface area contributed by atoms with Crippen molar-refractivity contribution in [3.05, 3.63) is 45.8 Å². The van der Waals surface area contributed by atoms with E-state index in [1.165, 1.54) is 0 Å². The van der Waals surface area contributed by atoms with Gasteiger partial charge in [-0.2, -0.15) is 0 Å². The lowest BCUT2D eigenvalue weighted by atomic mass is 10.2. The zero-order valence-corrected chi connectivity index (χ0v) is 15.1. The standard InChI is InChI=1S/C17H20ClN3O4/c1-10-9-13(18)6-7-14(10)24-8-4-5-15(22)19-20-17(23)16-11(2)21-25-12(16)3/h6-7,9H,4-5,8H2,1-3H3,(H,19,22)(H,20,23). The molecular formula is C17H20ClN3O4. The van der Waals surface area contributed by atoms with E-state index in [1.807, 2.05) is 13.0 Å². The maximum absolute atomic E-state index is 12.0. The smallest absolute Gasteiger partial charge is 0.275 e. The van der Waals surface area contributed by atoms with Crippen molar-refractivity contribution in [2.45, 2.75) is 33.6 Å². The summed E-state index contributed by atoms with van der Waals surface area (Å²) in [6, 6.07) is 5.36. The van der Waals surface area contributed by atoms with Gasteiger partial charge >= 0.3 is 0 Å². The highest BCUT2D eigenvalue weighted by Crippen LogP contribution is 2.21. The number of hydrogen-bond donors (Lipinski definition) is 2. The van der Waals surface area contributed by atoms with Crippen LogP contribution in [0.5, 0.6) is 5.75 Å². The average Bonchev–Trinajstić information content (AvgIpc) is 2.89. The van der Waals surface area contributed by atoms with E-state index in [0.717, 1.165) is 11.3 Å². The van der Waals surface area contributed by atoms with Gasteiger partial charge in [-0.15, -0.1) is 0 Å². The summed E-state index contributed by atoms with van der Waals surface area (Å²) in [5, 5.41) is 4.34. The van der Waals surface area contributed by atoms with Gasteiger partial charge in [0.15, 0.2) is 0 Å². The highest BCUT2D eigenvalue weighted by Gasteiger charge is 2.17. The Labute approximate surface area is 150 Å². The summed E-state index contributed by atoms with van der Waals surface area (Å²) in [6.07, 6.45) is 0.726. The molecule has 0 atom stereocenters. The Kier molecular flexibility index (Phi) is 6.41. The van der Waals surface area contributed by atoms with Gasteiger partial charge in [-0.05, 0) is 51.0 Å². The molecule has 8 heteroatoms. The molecule has 0 aliphatic heterocycles. The Hall–Kier alpha value is -2.54. The lowest BCUT2D eigenvalue weighted by Crippen LogP contribution is -2.42. The molecule has 2 amide bonds. The first-order chi connectivity index (χ1) is 11.9. The molecule has 0 saturated heterocycles. The molecule has 25 heavy (non-hydrogen) atoms. The van der Waals surface area contributed by atoms with Crippen molar-refractivity contribution in [1.29, 1.82) is 0 Å². The maximum Gasteiger partial charge on any atom is 0.275 e. The summed E-state index contributed by atoms with van der Waals surface area (Å²) in [6.45, 7) is 5.57. The largest absolute Gasteiger partial charge is 0.493 e. The van der Waals surface area contributed by atoms with Crippen molar-refractivity contribution in [2.24, 2.45) is 0 Å². The number of hydrogen-bond acceptors (Lipinski definition) is 5. The number of hydrazine groups is 1. The van der Waals surface area contributed by atoms with Crippen molar-refractivity contribution in [2.75, 3.05) is 6.61 Å². The van der Waals surface area contributed by atoms with Gasteiger partial charge in [0.25, 0.3) is 5.91 Å². The van der Waals surface area contributed by atoms with E-state index >= 15 is 0 Å². The number of amides is 2. The topological polar surface area (TPSA) is 93.5 Å². The van der Waals surface area contributed by atoms with Gasteiger partial charge < -0.3 is 9.26 Å². The van der Waals surface area contributed by atoms with Crippen LogP contribution in [0.4, 0.5) is 0 Å². The molecule has 0 unspecified atom stereocenters. The molecule has 2 N–H and O–H groups in total. The number of aromatic nitrogens is 1. The number of nitrogens with one attached hydrogen (secondary N) is 2. The summed E-state index contributed by atoms with van der Waals surface area (Å²) in [7, 11) is 0. The van der Waals surface area contributed by atoms with Crippen molar-refractivity contribution in [3.8, 4) is 5.75 Å². The third-order valence-corrected chi connectivity index (χ3v) is 3.75. The van der Waals surface area contributed by atoms with E-state index in [9.17, 15) is 9.59 Å². The predicted octanol–water partition coefficient (Wildman–Crippen LogP) is 2.87. The Morgan fingerprint density at radius 2 is 2.00 bits per heavy atom. The number of benzene rings is 1. The van der Waals surface area contributed by atoms with E-state index in [4.69, 9.17) is 20.9 Å². The molecule has 1 heterocycles. The number of nitrogens with zero attached hydrogens (tertiary/aromatic N) is 1. The van der Waals surface area contributed by atoms with Crippen LogP contribution in [0.25, 0.3) is 0 Å². The van der Waals surface area contributed by atoms with E-state index in [0.29, 0.717) is 35.1 Å². The zero-order valence-electron chi connectivity index (χ0n) is 14.3. The molecule has 0 saturated carbocycles. The van der Waals surface area contributed by atoms with Crippen LogP contribution in [0.2, 0.25) is 5.02 Å². The van der Waals surface area contributed by atoms with Crippen molar-refractivity contribution in [1.82, 2.24) is 16.0 Å². The fourth-order valence-electron chi connectivity index (χ4n) is 2.25.